The number of aliphatic hydroxyl groups is 1. The smallest absolute Gasteiger partial charge is 0.289 e. The molecule has 1 unspecified atom stereocenters. The van der Waals surface area contributed by atoms with Crippen molar-refractivity contribution in [1.29, 1.82) is 0 Å². The van der Waals surface area contributed by atoms with Crippen molar-refractivity contribution in [2.45, 2.75) is 12.0 Å². The van der Waals surface area contributed by atoms with Crippen LogP contribution < -0.4 is 5.73 Å². The second kappa shape index (κ2) is 4.33. The molecule has 2 nitrogen and oxygen atoms in total. The molecule has 0 saturated carbocycles. The maximum atomic E-state index is 13.0. The molecular weight excluding hydrogens is 256 g/mol. The molecule has 0 heterocycles. The summed E-state index contributed by atoms with van der Waals surface area (Å²) in [6.45, 7) is -0.879. The van der Waals surface area contributed by atoms with E-state index >= 15 is 0 Å². The predicted molar refractivity (Wildman–Crippen MR) is 53.1 cm³/mol. The summed E-state index contributed by atoms with van der Waals surface area (Å²) >= 11 is 3.08. The van der Waals surface area contributed by atoms with Crippen molar-refractivity contribution in [2.24, 2.45) is 5.73 Å². The minimum Gasteiger partial charge on any atom is -0.382 e. The molecule has 1 rings (SSSR count). The third-order valence-corrected chi connectivity index (χ3v) is 2.59. The summed E-state index contributed by atoms with van der Waals surface area (Å²) in [4.78, 5) is 0. The minimum absolute atomic E-state index is 0.142. The molecule has 14 heavy (non-hydrogen) atoms. The van der Waals surface area contributed by atoms with E-state index in [2.05, 4.69) is 15.9 Å². The first-order valence-electron chi connectivity index (χ1n) is 3.99. The molecule has 78 valence electrons. The molecule has 0 aliphatic carbocycles. The summed E-state index contributed by atoms with van der Waals surface area (Å²) in [5, 5.41) is 9.37. The van der Waals surface area contributed by atoms with Gasteiger partial charge in [-0.1, -0.05) is 34.1 Å². The third kappa shape index (κ3) is 2.29. The molecule has 0 radical (unpaired) electrons. The first-order chi connectivity index (χ1) is 6.49. The summed E-state index contributed by atoms with van der Waals surface area (Å²) in [6, 6.07) is 6.28. The van der Waals surface area contributed by atoms with Crippen LogP contribution in [0.1, 0.15) is 11.7 Å². The van der Waals surface area contributed by atoms with Crippen LogP contribution in [0.25, 0.3) is 0 Å². The van der Waals surface area contributed by atoms with Crippen molar-refractivity contribution in [3.63, 3.8) is 0 Å². The Morgan fingerprint density at radius 1 is 1.43 bits per heavy atom. The molecule has 0 amide bonds. The largest absolute Gasteiger partial charge is 0.382 e. The highest BCUT2D eigenvalue weighted by Crippen LogP contribution is 2.33. The minimum atomic E-state index is -3.30. The van der Waals surface area contributed by atoms with Gasteiger partial charge in [0.15, 0.2) is 0 Å². The number of rotatable bonds is 3. The second-order valence-electron chi connectivity index (χ2n) is 2.89. The Labute approximate surface area is 88.9 Å². The van der Waals surface area contributed by atoms with Gasteiger partial charge < -0.3 is 10.8 Å². The Morgan fingerprint density at radius 2 is 2.00 bits per heavy atom. The molecule has 0 aliphatic heterocycles. The van der Waals surface area contributed by atoms with Crippen molar-refractivity contribution in [3.05, 3.63) is 34.3 Å². The van der Waals surface area contributed by atoms with Gasteiger partial charge in [-0.2, -0.15) is 0 Å². The lowest BCUT2D eigenvalue weighted by Crippen LogP contribution is -2.35. The summed E-state index contributed by atoms with van der Waals surface area (Å²) in [7, 11) is 0. The van der Waals surface area contributed by atoms with Crippen LogP contribution in [0.2, 0.25) is 0 Å². The van der Waals surface area contributed by atoms with Gasteiger partial charge in [-0.15, -0.1) is 0 Å². The van der Waals surface area contributed by atoms with Crippen molar-refractivity contribution in [2.75, 3.05) is 6.54 Å². The number of benzene rings is 1. The fourth-order valence-electron chi connectivity index (χ4n) is 1.04. The first kappa shape index (κ1) is 11.6. The zero-order chi connectivity index (χ0) is 10.8. The fourth-order valence-corrected chi connectivity index (χ4v) is 1.54. The third-order valence-electron chi connectivity index (χ3n) is 1.87. The van der Waals surface area contributed by atoms with Gasteiger partial charge in [0.2, 0.25) is 0 Å². The van der Waals surface area contributed by atoms with Crippen LogP contribution >= 0.6 is 15.9 Å². The van der Waals surface area contributed by atoms with Gasteiger partial charge in [-0.25, -0.2) is 8.78 Å². The molecule has 0 aliphatic rings. The van der Waals surface area contributed by atoms with Crippen LogP contribution in [0.5, 0.6) is 0 Å². The highest BCUT2D eigenvalue weighted by atomic mass is 79.9. The summed E-state index contributed by atoms with van der Waals surface area (Å²) in [5.74, 6) is -3.30. The van der Waals surface area contributed by atoms with E-state index in [-0.39, 0.29) is 5.56 Å². The summed E-state index contributed by atoms with van der Waals surface area (Å²) in [5.41, 5.74) is 5.01. The van der Waals surface area contributed by atoms with E-state index in [9.17, 15) is 13.9 Å². The van der Waals surface area contributed by atoms with Crippen molar-refractivity contribution >= 4 is 15.9 Å². The monoisotopic (exact) mass is 265 g/mol. The molecule has 5 heteroatoms. The topological polar surface area (TPSA) is 46.2 Å². The Hall–Kier alpha value is -0.520. The van der Waals surface area contributed by atoms with E-state index in [0.717, 1.165) is 0 Å². The zero-order valence-corrected chi connectivity index (χ0v) is 8.84. The predicted octanol–water partition coefficient (Wildman–Crippen LogP) is 2.08. The van der Waals surface area contributed by atoms with E-state index in [4.69, 9.17) is 5.73 Å². The number of halogens is 3. The van der Waals surface area contributed by atoms with Gasteiger partial charge in [0.05, 0.1) is 6.54 Å². The second-order valence-corrected chi connectivity index (χ2v) is 3.74. The lowest BCUT2D eigenvalue weighted by molar-refractivity contribution is -0.103. The van der Waals surface area contributed by atoms with E-state index in [1.165, 1.54) is 6.07 Å². The lowest BCUT2D eigenvalue weighted by Gasteiger charge is -2.21. The number of alkyl halides is 2. The quantitative estimate of drug-likeness (QED) is 0.879. The van der Waals surface area contributed by atoms with Gasteiger partial charge >= 0.3 is 0 Å². The van der Waals surface area contributed by atoms with Crippen molar-refractivity contribution in [3.8, 4) is 0 Å². The van der Waals surface area contributed by atoms with Gasteiger partial charge in [0.25, 0.3) is 5.92 Å². The maximum Gasteiger partial charge on any atom is 0.289 e. The van der Waals surface area contributed by atoms with E-state index in [1.807, 2.05) is 0 Å². The molecule has 0 aromatic heterocycles. The first-order valence-corrected chi connectivity index (χ1v) is 4.78. The molecule has 0 saturated heterocycles. The van der Waals surface area contributed by atoms with E-state index in [1.54, 1.807) is 18.2 Å². The van der Waals surface area contributed by atoms with Crippen LogP contribution in [-0.2, 0) is 0 Å². The van der Waals surface area contributed by atoms with Gasteiger partial charge in [-0.05, 0) is 6.07 Å². The Bertz CT molecular complexity index is 319. The standard InChI is InChI=1S/C9H10BrF2NO/c10-7-4-2-1-3-6(7)8(14)9(11,12)5-13/h1-4,8,14H,5,13H2. The molecular formula is C9H10BrF2NO. The van der Waals surface area contributed by atoms with Gasteiger partial charge in [0.1, 0.15) is 6.10 Å². The molecule has 1 atom stereocenters. The van der Waals surface area contributed by atoms with Crippen LogP contribution in [0, 0.1) is 0 Å². The fraction of sp³-hybridized carbons (Fsp3) is 0.333. The maximum absolute atomic E-state index is 13.0. The van der Waals surface area contributed by atoms with Crippen LogP contribution in [0.3, 0.4) is 0 Å². The Balaban J connectivity index is 3.00. The Kier molecular flexibility index (Phi) is 3.58. The lowest BCUT2D eigenvalue weighted by atomic mass is 10.0. The molecule has 1 aromatic carbocycles. The van der Waals surface area contributed by atoms with Crippen molar-refractivity contribution in [1.82, 2.24) is 0 Å². The van der Waals surface area contributed by atoms with Crippen molar-refractivity contribution < 1.29 is 13.9 Å². The van der Waals surface area contributed by atoms with Gasteiger partial charge in [-0.3, -0.25) is 0 Å². The van der Waals surface area contributed by atoms with E-state index in [0.29, 0.717) is 4.47 Å². The number of hydrogen-bond acceptors (Lipinski definition) is 2. The van der Waals surface area contributed by atoms with E-state index < -0.39 is 18.6 Å². The molecule has 1 aromatic rings. The number of hydrogen-bond donors (Lipinski definition) is 2. The zero-order valence-electron chi connectivity index (χ0n) is 7.25. The number of aliphatic hydroxyl groups excluding tert-OH is 1. The SMILES string of the molecule is NCC(F)(F)C(O)c1ccccc1Br. The van der Waals surface area contributed by atoms with Crippen LogP contribution in [-0.4, -0.2) is 17.6 Å². The number of nitrogens with two attached hydrogens (primary N) is 1. The van der Waals surface area contributed by atoms with Crippen LogP contribution in [0.15, 0.2) is 28.7 Å². The van der Waals surface area contributed by atoms with Crippen LogP contribution in [0.4, 0.5) is 8.78 Å². The molecule has 0 bridgehead atoms. The average Bonchev–Trinajstić information content (AvgIpc) is 2.17. The summed E-state index contributed by atoms with van der Waals surface area (Å²) in [6.07, 6.45) is -1.87. The molecule has 0 spiro atoms. The van der Waals surface area contributed by atoms with Gasteiger partial charge in [0, 0.05) is 10.0 Å². The molecule has 0 fully saturated rings. The Morgan fingerprint density at radius 3 is 2.50 bits per heavy atom. The summed E-state index contributed by atoms with van der Waals surface area (Å²) < 4.78 is 26.5. The highest BCUT2D eigenvalue weighted by Gasteiger charge is 2.38. The normalized spacial score (nSPS) is 14.1. The average molecular weight is 266 g/mol. The highest BCUT2D eigenvalue weighted by molar-refractivity contribution is 9.10. The molecule has 3 N–H and O–H groups in total.